The van der Waals surface area contributed by atoms with Gasteiger partial charge in [0.05, 0.1) is 6.54 Å². The maximum Gasteiger partial charge on any atom is 0.255 e. The topological polar surface area (TPSA) is 95.9 Å². The Balaban J connectivity index is 1.61. The number of carbonyl (C=O) groups excluding carboxylic acids is 1. The second-order valence-electron chi connectivity index (χ2n) is 4.89. The second-order valence-corrected chi connectivity index (χ2v) is 6.86. The van der Waals surface area contributed by atoms with Crippen molar-refractivity contribution in [1.29, 1.82) is 0 Å². The number of nitrogens with two attached hydrogens (primary N) is 1. The van der Waals surface area contributed by atoms with Crippen LogP contribution < -0.4 is 10.5 Å². The Kier molecular flexibility index (Phi) is 5.44. The number of thioether (sulfide) groups is 1. The van der Waals surface area contributed by atoms with Crippen LogP contribution in [0.1, 0.15) is 10.4 Å². The number of rotatable bonds is 8. The highest BCUT2D eigenvalue weighted by molar-refractivity contribution is 7.98. The summed E-state index contributed by atoms with van der Waals surface area (Å²) in [6.07, 6.45) is 0. The van der Waals surface area contributed by atoms with Gasteiger partial charge in [0.15, 0.2) is 6.61 Å². The summed E-state index contributed by atoms with van der Waals surface area (Å²) in [4.78, 5) is 12.0. The highest BCUT2D eigenvalue weighted by Gasteiger charge is 2.09. The van der Waals surface area contributed by atoms with Crippen molar-refractivity contribution in [3.8, 4) is 5.75 Å². The van der Waals surface area contributed by atoms with Gasteiger partial charge in [-0.3, -0.25) is 4.79 Å². The summed E-state index contributed by atoms with van der Waals surface area (Å²) in [7, 11) is 0. The molecule has 0 bridgehead atoms. The number of amides is 1. The molecular weight excluding hydrogens is 346 g/mol. The van der Waals surface area contributed by atoms with Gasteiger partial charge in [0, 0.05) is 10.6 Å². The molecule has 1 aromatic carbocycles. The molecule has 9 heteroatoms. The van der Waals surface area contributed by atoms with E-state index in [1.807, 2.05) is 29.6 Å². The van der Waals surface area contributed by atoms with Gasteiger partial charge >= 0.3 is 0 Å². The van der Waals surface area contributed by atoms with E-state index in [9.17, 15) is 4.79 Å². The first-order chi connectivity index (χ1) is 11.7. The molecule has 0 radical (unpaired) electrons. The maximum atomic E-state index is 10.8. The molecule has 0 aliphatic carbocycles. The van der Waals surface area contributed by atoms with Crippen LogP contribution in [0.3, 0.4) is 0 Å². The number of hydrogen-bond acceptors (Lipinski definition) is 7. The first-order valence-electron chi connectivity index (χ1n) is 7.12. The van der Waals surface area contributed by atoms with E-state index in [1.165, 1.54) is 4.88 Å². The molecule has 2 aromatic heterocycles. The monoisotopic (exact) mass is 361 g/mol. The molecule has 2 N–H and O–H groups in total. The molecular formula is C15H15N5O2S2. The van der Waals surface area contributed by atoms with Gasteiger partial charge in [-0.25, -0.2) is 4.68 Å². The second kappa shape index (κ2) is 7.93. The van der Waals surface area contributed by atoms with E-state index in [2.05, 4.69) is 21.6 Å². The van der Waals surface area contributed by atoms with Crippen LogP contribution in [-0.2, 0) is 17.1 Å². The summed E-state index contributed by atoms with van der Waals surface area (Å²) >= 11 is 3.22. The van der Waals surface area contributed by atoms with E-state index in [4.69, 9.17) is 10.5 Å². The molecule has 0 atom stereocenters. The minimum Gasteiger partial charge on any atom is -0.484 e. The standard InChI is InChI=1S/C15H15N5O2S2/c16-14(21)9-22-12-4-1-3-11(7-12)10-24-15-17-18-19-20(15)8-13-5-2-6-23-13/h1-7H,8-10H2,(H2,16,21). The van der Waals surface area contributed by atoms with Gasteiger partial charge < -0.3 is 10.5 Å². The van der Waals surface area contributed by atoms with Gasteiger partial charge in [-0.15, -0.1) is 16.4 Å². The van der Waals surface area contributed by atoms with Crippen molar-refractivity contribution in [3.63, 3.8) is 0 Å². The number of primary amides is 1. The molecule has 24 heavy (non-hydrogen) atoms. The highest BCUT2D eigenvalue weighted by Crippen LogP contribution is 2.23. The summed E-state index contributed by atoms with van der Waals surface area (Å²) < 4.78 is 7.09. The number of thiophene rings is 1. The minimum absolute atomic E-state index is 0.129. The summed E-state index contributed by atoms with van der Waals surface area (Å²) in [5.41, 5.74) is 6.13. The first-order valence-corrected chi connectivity index (χ1v) is 8.98. The molecule has 0 saturated heterocycles. The quantitative estimate of drug-likeness (QED) is 0.616. The van der Waals surface area contributed by atoms with Crippen LogP contribution in [0.25, 0.3) is 0 Å². The van der Waals surface area contributed by atoms with E-state index in [0.717, 1.165) is 10.7 Å². The zero-order valence-electron chi connectivity index (χ0n) is 12.7. The summed E-state index contributed by atoms with van der Waals surface area (Å²) in [5.74, 6) is 0.811. The van der Waals surface area contributed by atoms with E-state index in [0.29, 0.717) is 18.0 Å². The molecule has 0 aliphatic heterocycles. The predicted molar refractivity (Wildman–Crippen MR) is 91.9 cm³/mol. The molecule has 0 fully saturated rings. The van der Waals surface area contributed by atoms with Crippen LogP contribution >= 0.6 is 23.1 Å². The number of benzene rings is 1. The molecule has 0 saturated carbocycles. The predicted octanol–water partition coefficient (Wildman–Crippen LogP) is 1.94. The minimum atomic E-state index is -0.498. The van der Waals surface area contributed by atoms with E-state index in [1.54, 1.807) is 33.8 Å². The van der Waals surface area contributed by atoms with Gasteiger partial charge in [0.25, 0.3) is 5.91 Å². The fraction of sp³-hybridized carbons (Fsp3) is 0.200. The van der Waals surface area contributed by atoms with Crippen molar-refractivity contribution < 1.29 is 9.53 Å². The van der Waals surface area contributed by atoms with Crippen LogP contribution in [-0.4, -0.2) is 32.7 Å². The van der Waals surface area contributed by atoms with Gasteiger partial charge in [-0.2, -0.15) is 0 Å². The normalized spacial score (nSPS) is 10.7. The Morgan fingerprint density at radius 2 is 2.25 bits per heavy atom. The maximum absolute atomic E-state index is 10.8. The van der Waals surface area contributed by atoms with Crippen molar-refractivity contribution in [2.45, 2.75) is 17.5 Å². The van der Waals surface area contributed by atoms with Gasteiger partial charge in [0.2, 0.25) is 5.16 Å². The zero-order valence-corrected chi connectivity index (χ0v) is 14.3. The molecule has 7 nitrogen and oxygen atoms in total. The smallest absolute Gasteiger partial charge is 0.255 e. The van der Waals surface area contributed by atoms with Gasteiger partial charge in [0.1, 0.15) is 5.75 Å². The lowest BCUT2D eigenvalue weighted by atomic mass is 10.2. The Morgan fingerprint density at radius 1 is 1.33 bits per heavy atom. The lowest BCUT2D eigenvalue weighted by Gasteiger charge is -2.06. The lowest BCUT2D eigenvalue weighted by molar-refractivity contribution is -0.119. The van der Waals surface area contributed by atoms with Gasteiger partial charge in [-0.05, 0) is 39.6 Å². The Hall–Kier alpha value is -2.39. The third-order valence-electron chi connectivity index (χ3n) is 3.03. The summed E-state index contributed by atoms with van der Waals surface area (Å²) in [6, 6.07) is 11.6. The average Bonchev–Trinajstić information content (AvgIpc) is 3.24. The Labute approximate surface area is 146 Å². The molecule has 3 aromatic rings. The largest absolute Gasteiger partial charge is 0.484 e. The first kappa shape index (κ1) is 16.5. The SMILES string of the molecule is NC(=O)COc1cccc(CSc2nnnn2Cc2cccs2)c1. The van der Waals surface area contributed by atoms with Crippen LogP contribution in [0.4, 0.5) is 0 Å². The van der Waals surface area contributed by atoms with Crippen molar-refractivity contribution in [1.82, 2.24) is 20.2 Å². The van der Waals surface area contributed by atoms with E-state index < -0.39 is 5.91 Å². The summed E-state index contributed by atoms with van der Waals surface area (Å²) in [5, 5.41) is 14.6. The number of carbonyl (C=O) groups is 1. The molecule has 0 aliphatic rings. The third-order valence-corrected chi connectivity index (χ3v) is 4.92. The highest BCUT2D eigenvalue weighted by atomic mass is 32.2. The van der Waals surface area contributed by atoms with Crippen molar-refractivity contribution in [3.05, 3.63) is 52.2 Å². The fourth-order valence-electron chi connectivity index (χ4n) is 1.98. The van der Waals surface area contributed by atoms with Crippen LogP contribution in [0.15, 0.2) is 46.9 Å². The molecule has 124 valence electrons. The van der Waals surface area contributed by atoms with Crippen LogP contribution in [0.2, 0.25) is 0 Å². The number of nitrogens with zero attached hydrogens (tertiary/aromatic N) is 4. The average molecular weight is 361 g/mol. The van der Waals surface area contributed by atoms with Crippen molar-refractivity contribution in [2.75, 3.05) is 6.61 Å². The number of aromatic nitrogens is 4. The van der Waals surface area contributed by atoms with Crippen LogP contribution in [0, 0.1) is 0 Å². The molecule has 3 rings (SSSR count). The Bertz CT molecular complexity index is 804. The molecule has 1 amide bonds. The fourth-order valence-corrected chi connectivity index (χ4v) is 3.48. The Morgan fingerprint density at radius 3 is 3.04 bits per heavy atom. The molecule has 0 spiro atoms. The number of hydrogen-bond donors (Lipinski definition) is 1. The van der Waals surface area contributed by atoms with Crippen molar-refractivity contribution >= 4 is 29.0 Å². The zero-order chi connectivity index (χ0) is 16.8. The lowest BCUT2D eigenvalue weighted by Crippen LogP contribution is -2.20. The number of ether oxygens (including phenoxy) is 1. The summed E-state index contributed by atoms with van der Waals surface area (Å²) in [6.45, 7) is 0.532. The van der Waals surface area contributed by atoms with Gasteiger partial charge in [-0.1, -0.05) is 30.0 Å². The molecule has 0 unspecified atom stereocenters. The third kappa shape index (κ3) is 4.56. The van der Waals surface area contributed by atoms with E-state index >= 15 is 0 Å². The number of tetrazole rings is 1. The molecule has 2 heterocycles. The van der Waals surface area contributed by atoms with E-state index in [-0.39, 0.29) is 6.61 Å². The van der Waals surface area contributed by atoms with Crippen LogP contribution in [0.5, 0.6) is 5.75 Å². The van der Waals surface area contributed by atoms with Crippen molar-refractivity contribution in [2.24, 2.45) is 5.73 Å².